The highest BCUT2D eigenvalue weighted by Crippen LogP contribution is 2.35. The minimum Gasteiger partial charge on any atom is -0.334 e. The summed E-state index contributed by atoms with van der Waals surface area (Å²) in [6, 6.07) is 6.79. The predicted molar refractivity (Wildman–Crippen MR) is 101 cm³/mol. The molecular weight excluding hydrogens is 374 g/mol. The summed E-state index contributed by atoms with van der Waals surface area (Å²) >= 11 is 6.12. The smallest absolute Gasteiger partial charge is 0.318 e. The van der Waals surface area contributed by atoms with E-state index in [9.17, 15) is 13.2 Å². The number of halogens is 1. The van der Waals surface area contributed by atoms with Crippen LogP contribution in [0.25, 0.3) is 0 Å². The van der Waals surface area contributed by atoms with Crippen molar-refractivity contribution in [3.63, 3.8) is 0 Å². The number of amides is 2. The van der Waals surface area contributed by atoms with Crippen molar-refractivity contribution < 1.29 is 13.2 Å². The van der Waals surface area contributed by atoms with Gasteiger partial charge in [-0.2, -0.15) is 5.26 Å². The lowest BCUT2D eigenvalue weighted by Gasteiger charge is -2.38. The van der Waals surface area contributed by atoms with Crippen molar-refractivity contribution in [1.82, 2.24) is 10.2 Å². The third-order valence-corrected chi connectivity index (χ3v) is 5.18. The second-order valence-corrected chi connectivity index (χ2v) is 8.98. The van der Waals surface area contributed by atoms with Crippen molar-refractivity contribution in [2.75, 3.05) is 19.3 Å². The molecule has 6 nitrogen and oxygen atoms in total. The van der Waals surface area contributed by atoms with E-state index in [2.05, 4.69) is 18.3 Å². The molecule has 140 valence electrons. The van der Waals surface area contributed by atoms with E-state index in [4.69, 9.17) is 16.9 Å². The summed E-state index contributed by atoms with van der Waals surface area (Å²) in [5.41, 5.74) is 1.30. The van der Waals surface area contributed by atoms with Crippen LogP contribution >= 0.6 is 11.6 Å². The number of rotatable bonds is 4. The first-order valence-electron chi connectivity index (χ1n) is 8.31. The molecule has 2 atom stereocenters. The number of urea groups is 1. The molecule has 2 amide bonds. The Morgan fingerprint density at radius 1 is 1.46 bits per heavy atom. The van der Waals surface area contributed by atoms with Crippen LogP contribution in [0.15, 0.2) is 29.7 Å². The molecule has 26 heavy (non-hydrogen) atoms. The third kappa shape index (κ3) is 5.75. The van der Waals surface area contributed by atoms with Crippen molar-refractivity contribution in [1.29, 1.82) is 5.26 Å². The Hall–Kier alpha value is -2.04. The van der Waals surface area contributed by atoms with E-state index in [1.54, 1.807) is 23.1 Å². The van der Waals surface area contributed by atoms with Gasteiger partial charge in [0.25, 0.3) is 0 Å². The first-order valence-corrected chi connectivity index (χ1v) is 10.6. The maximum absolute atomic E-state index is 12.6. The molecule has 2 unspecified atom stereocenters. The van der Waals surface area contributed by atoms with E-state index in [1.165, 1.54) is 6.08 Å². The number of hydrogen-bond acceptors (Lipinski definition) is 4. The number of likely N-dealkylation sites (tertiary alicyclic amines) is 1. The van der Waals surface area contributed by atoms with Crippen molar-refractivity contribution in [3.8, 4) is 6.07 Å². The van der Waals surface area contributed by atoms with E-state index in [0.29, 0.717) is 23.0 Å². The maximum Gasteiger partial charge on any atom is 0.318 e. The molecule has 0 bridgehead atoms. The summed E-state index contributed by atoms with van der Waals surface area (Å²) in [7, 11) is -3.21. The van der Waals surface area contributed by atoms with Crippen LogP contribution in [0.1, 0.15) is 36.9 Å². The molecule has 1 N–H and O–H groups in total. The number of hydrogen-bond donors (Lipinski definition) is 1. The Morgan fingerprint density at radius 3 is 2.85 bits per heavy atom. The zero-order valence-corrected chi connectivity index (χ0v) is 16.3. The van der Waals surface area contributed by atoms with Gasteiger partial charge in [-0.1, -0.05) is 24.6 Å². The molecule has 1 aliphatic heterocycles. The number of piperidine rings is 1. The van der Waals surface area contributed by atoms with Crippen LogP contribution < -0.4 is 5.32 Å². The number of benzene rings is 1. The van der Waals surface area contributed by atoms with E-state index in [0.717, 1.165) is 30.1 Å². The van der Waals surface area contributed by atoms with Crippen LogP contribution in [0, 0.1) is 17.2 Å². The van der Waals surface area contributed by atoms with Crippen LogP contribution in [-0.4, -0.2) is 38.7 Å². The Kier molecular flexibility index (Phi) is 6.68. The maximum atomic E-state index is 12.6. The number of sulfone groups is 1. The molecule has 0 radical (unpaired) electrons. The highest BCUT2D eigenvalue weighted by Gasteiger charge is 2.31. The Morgan fingerprint density at radius 2 is 2.19 bits per heavy atom. The van der Waals surface area contributed by atoms with Gasteiger partial charge in [0.15, 0.2) is 9.84 Å². The second-order valence-electron chi connectivity index (χ2n) is 6.61. The molecule has 8 heteroatoms. The Labute approximate surface area is 159 Å². The molecule has 1 aromatic carbocycles. The van der Waals surface area contributed by atoms with Crippen molar-refractivity contribution in [2.45, 2.75) is 25.8 Å². The van der Waals surface area contributed by atoms with Gasteiger partial charge in [0.05, 0.1) is 17.7 Å². The number of nitrogens with one attached hydrogen (secondary N) is 1. The average Bonchev–Trinajstić information content (AvgIpc) is 2.57. The third-order valence-electron chi connectivity index (χ3n) is 4.27. The quantitative estimate of drug-likeness (QED) is 0.847. The predicted octanol–water partition coefficient (Wildman–Crippen LogP) is 3.25. The van der Waals surface area contributed by atoms with Gasteiger partial charge in [0.1, 0.15) is 0 Å². The SMILES string of the molecule is CC1CCN(C(=O)NC/C=C/S(C)(=O)=O)C(c2cc(Cl)cc(C#N)c2)C1. The molecule has 0 spiro atoms. The van der Waals surface area contributed by atoms with Gasteiger partial charge in [0, 0.05) is 29.8 Å². The second kappa shape index (κ2) is 8.56. The standard InChI is InChI=1S/C18H22ClN3O3S/c1-13-4-6-22(18(23)21-5-3-7-26(2,24)25)17(8-13)15-9-14(12-20)10-16(19)11-15/h3,7,9-11,13,17H,4-6,8H2,1-2H3,(H,21,23)/b7-3+. The van der Waals surface area contributed by atoms with Crippen molar-refractivity contribution >= 4 is 27.5 Å². The monoisotopic (exact) mass is 395 g/mol. The van der Waals surface area contributed by atoms with Crippen LogP contribution in [0.3, 0.4) is 0 Å². The normalized spacial score (nSPS) is 20.8. The number of carbonyl (C=O) groups is 1. The first-order chi connectivity index (χ1) is 12.2. The zero-order valence-electron chi connectivity index (χ0n) is 14.8. The topological polar surface area (TPSA) is 90.3 Å². The van der Waals surface area contributed by atoms with Gasteiger partial charge in [0.2, 0.25) is 0 Å². The van der Waals surface area contributed by atoms with E-state index < -0.39 is 9.84 Å². The van der Waals surface area contributed by atoms with E-state index >= 15 is 0 Å². The van der Waals surface area contributed by atoms with Crippen LogP contribution in [0.2, 0.25) is 5.02 Å². The molecule has 1 fully saturated rings. The van der Waals surface area contributed by atoms with Gasteiger partial charge < -0.3 is 10.2 Å². The van der Waals surface area contributed by atoms with Crippen molar-refractivity contribution in [3.05, 3.63) is 45.8 Å². The summed E-state index contributed by atoms with van der Waals surface area (Å²) < 4.78 is 22.2. The lowest BCUT2D eigenvalue weighted by Crippen LogP contribution is -2.46. The molecule has 1 saturated heterocycles. The summed E-state index contributed by atoms with van der Waals surface area (Å²) in [5.74, 6) is 0.443. The van der Waals surface area contributed by atoms with E-state index in [1.807, 2.05) is 0 Å². The average molecular weight is 396 g/mol. The molecular formula is C18H22ClN3O3S. The van der Waals surface area contributed by atoms with Crippen LogP contribution in [0.4, 0.5) is 4.79 Å². The molecule has 2 rings (SSSR count). The molecule has 1 heterocycles. The first kappa shape index (κ1) is 20.3. The van der Waals surface area contributed by atoms with Gasteiger partial charge >= 0.3 is 6.03 Å². The van der Waals surface area contributed by atoms with Crippen LogP contribution in [-0.2, 0) is 9.84 Å². The van der Waals surface area contributed by atoms with Gasteiger partial charge in [-0.3, -0.25) is 0 Å². The van der Waals surface area contributed by atoms with Gasteiger partial charge in [-0.15, -0.1) is 0 Å². The van der Waals surface area contributed by atoms with E-state index in [-0.39, 0.29) is 18.6 Å². The Bertz CT molecular complexity index is 846. The minimum absolute atomic E-state index is 0.129. The van der Waals surface area contributed by atoms with Gasteiger partial charge in [-0.25, -0.2) is 13.2 Å². The molecule has 1 aromatic rings. The fourth-order valence-corrected chi connectivity index (χ4v) is 3.73. The molecule has 0 saturated carbocycles. The minimum atomic E-state index is -3.21. The number of carbonyl (C=O) groups excluding carboxylic acids is 1. The summed E-state index contributed by atoms with van der Waals surface area (Å²) in [5, 5.41) is 13.4. The highest BCUT2D eigenvalue weighted by atomic mass is 35.5. The number of nitriles is 1. The van der Waals surface area contributed by atoms with Crippen molar-refractivity contribution in [2.24, 2.45) is 5.92 Å². The molecule has 1 aliphatic rings. The lowest BCUT2D eigenvalue weighted by molar-refractivity contribution is 0.132. The van der Waals surface area contributed by atoms with Gasteiger partial charge in [-0.05, 0) is 42.5 Å². The largest absolute Gasteiger partial charge is 0.334 e. The van der Waals surface area contributed by atoms with Crippen LogP contribution in [0.5, 0.6) is 0 Å². The lowest BCUT2D eigenvalue weighted by atomic mass is 9.88. The highest BCUT2D eigenvalue weighted by molar-refractivity contribution is 7.93. The summed E-state index contributed by atoms with van der Waals surface area (Å²) in [6.07, 6.45) is 4.16. The summed E-state index contributed by atoms with van der Waals surface area (Å²) in [6.45, 7) is 2.85. The fourth-order valence-electron chi connectivity index (χ4n) is 3.04. The molecule has 0 aliphatic carbocycles. The zero-order chi connectivity index (χ0) is 19.3. The molecule has 0 aromatic heterocycles. The fraction of sp³-hybridized carbons (Fsp3) is 0.444. The number of nitrogens with zero attached hydrogens (tertiary/aromatic N) is 2. The Balaban J connectivity index is 2.17. The summed E-state index contributed by atoms with van der Waals surface area (Å²) in [4.78, 5) is 14.3.